The number of ether oxygens (including phenoxy) is 1. The molecule has 3 aromatic rings. The summed E-state index contributed by atoms with van der Waals surface area (Å²) < 4.78 is 5.28. The molecule has 2 aromatic carbocycles. The summed E-state index contributed by atoms with van der Waals surface area (Å²) in [6.07, 6.45) is 4.65. The van der Waals surface area contributed by atoms with Crippen LogP contribution < -0.4 is 25.6 Å². The summed E-state index contributed by atoms with van der Waals surface area (Å²) in [5.74, 6) is 0.823. The molecule has 0 aliphatic carbocycles. The van der Waals surface area contributed by atoms with E-state index in [1.54, 1.807) is 19.2 Å². The molecule has 1 aromatic heterocycles. The number of amides is 1. The van der Waals surface area contributed by atoms with Crippen molar-refractivity contribution in [2.75, 3.05) is 55.1 Å². The minimum atomic E-state index is -0.362. The van der Waals surface area contributed by atoms with Gasteiger partial charge in [0.05, 0.1) is 35.4 Å². The van der Waals surface area contributed by atoms with Gasteiger partial charge in [-0.15, -0.1) is 0 Å². The highest BCUT2D eigenvalue weighted by atomic mass is 35.5. The maximum Gasteiger partial charge on any atom is 0.247 e. The second-order valence-electron chi connectivity index (χ2n) is 9.27. The van der Waals surface area contributed by atoms with Crippen molar-refractivity contribution in [3.05, 3.63) is 65.8 Å². The van der Waals surface area contributed by atoms with Gasteiger partial charge in [-0.2, -0.15) is 10.2 Å². The number of halogens is 1. The second kappa shape index (κ2) is 12.5. The highest BCUT2D eigenvalue weighted by molar-refractivity contribution is 6.34. The Morgan fingerprint density at radius 1 is 1.23 bits per heavy atom. The lowest BCUT2D eigenvalue weighted by Crippen LogP contribution is -2.42. The Kier molecular flexibility index (Phi) is 8.86. The number of methoxy groups -OCH3 is 1. The van der Waals surface area contributed by atoms with Gasteiger partial charge < -0.3 is 30.5 Å². The van der Waals surface area contributed by atoms with Crippen molar-refractivity contribution < 1.29 is 9.53 Å². The van der Waals surface area contributed by atoms with Gasteiger partial charge in [0.2, 0.25) is 11.9 Å². The normalized spacial score (nSPS) is 13.5. The molecule has 0 bridgehead atoms. The van der Waals surface area contributed by atoms with Crippen LogP contribution in [0.2, 0.25) is 5.02 Å². The molecule has 1 aliphatic heterocycles. The molecule has 4 rings (SSSR count). The van der Waals surface area contributed by atoms with Gasteiger partial charge >= 0.3 is 0 Å². The SMILES string of the molecule is C=CC(=O)Nc1cc(N2CCC(N(C)C)CC2)c(Cl)cc1Nc1ncc(C#N)c(Nc2cccc(OC)c2)n1. The minimum absolute atomic E-state index is 0.212. The zero-order chi connectivity index (χ0) is 27.9. The average molecular weight is 547 g/mol. The first kappa shape index (κ1) is 27.7. The molecule has 2 heterocycles. The molecule has 10 nitrogen and oxygen atoms in total. The van der Waals surface area contributed by atoms with Gasteiger partial charge in [0.25, 0.3) is 0 Å². The van der Waals surface area contributed by atoms with Crippen LogP contribution in [-0.4, -0.2) is 61.1 Å². The Labute approximate surface area is 233 Å². The van der Waals surface area contributed by atoms with E-state index in [2.05, 4.69) is 62.5 Å². The number of carbonyl (C=O) groups excluding carboxylic acids is 1. The van der Waals surface area contributed by atoms with Crippen LogP contribution >= 0.6 is 11.6 Å². The molecule has 0 atom stereocenters. The van der Waals surface area contributed by atoms with Gasteiger partial charge in [0, 0.05) is 30.9 Å². The fraction of sp³-hybridized carbons (Fsp3) is 0.286. The van der Waals surface area contributed by atoms with Gasteiger partial charge in [-0.1, -0.05) is 24.2 Å². The van der Waals surface area contributed by atoms with Crippen molar-refractivity contribution in [2.45, 2.75) is 18.9 Å². The maximum absolute atomic E-state index is 12.3. The summed E-state index contributed by atoms with van der Waals surface area (Å²) in [5, 5.41) is 19.3. The lowest BCUT2D eigenvalue weighted by atomic mass is 10.0. The molecule has 39 heavy (non-hydrogen) atoms. The number of hydrogen-bond donors (Lipinski definition) is 3. The van der Waals surface area contributed by atoms with Crippen LogP contribution in [0, 0.1) is 11.3 Å². The van der Waals surface area contributed by atoms with Crippen LogP contribution in [0.3, 0.4) is 0 Å². The number of piperidine rings is 1. The molecule has 0 unspecified atom stereocenters. The summed E-state index contributed by atoms with van der Waals surface area (Å²) in [7, 11) is 5.77. The van der Waals surface area contributed by atoms with Crippen molar-refractivity contribution in [2.24, 2.45) is 0 Å². The fourth-order valence-corrected chi connectivity index (χ4v) is 4.68. The molecule has 3 N–H and O–H groups in total. The van der Waals surface area contributed by atoms with Gasteiger partial charge in [0.1, 0.15) is 17.4 Å². The quantitative estimate of drug-likeness (QED) is 0.313. The van der Waals surface area contributed by atoms with E-state index in [4.69, 9.17) is 16.3 Å². The molecule has 202 valence electrons. The third-order valence-corrected chi connectivity index (χ3v) is 6.86. The molecule has 0 spiro atoms. The minimum Gasteiger partial charge on any atom is -0.497 e. The van der Waals surface area contributed by atoms with Crippen molar-refractivity contribution in [1.82, 2.24) is 14.9 Å². The van der Waals surface area contributed by atoms with Crippen molar-refractivity contribution in [1.29, 1.82) is 5.26 Å². The molecule has 1 amide bonds. The molecule has 1 aliphatic rings. The summed E-state index contributed by atoms with van der Waals surface area (Å²) in [4.78, 5) is 25.5. The second-order valence-corrected chi connectivity index (χ2v) is 9.68. The average Bonchev–Trinajstić information content (AvgIpc) is 2.94. The van der Waals surface area contributed by atoms with Crippen LogP contribution in [0.1, 0.15) is 18.4 Å². The third-order valence-electron chi connectivity index (χ3n) is 6.55. The number of benzene rings is 2. The lowest BCUT2D eigenvalue weighted by molar-refractivity contribution is -0.111. The van der Waals surface area contributed by atoms with Crippen molar-refractivity contribution >= 4 is 52.0 Å². The highest BCUT2D eigenvalue weighted by Gasteiger charge is 2.23. The van der Waals surface area contributed by atoms with E-state index in [-0.39, 0.29) is 17.4 Å². The first-order chi connectivity index (χ1) is 18.8. The van der Waals surface area contributed by atoms with Gasteiger partial charge in [-0.05, 0) is 57.3 Å². The van der Waals surface area contributed by atoms with Crippen LogP contribution in [0.25, 0.3) is 0 Å². The Morgan fingerprint density at radius 3 is 2.67 bits per heavy atom. The van der Waals surface area contributed by atoms with Crippen molar-refractivity contribution in [3.8, 4) is 11.8 Å². The van der Waals surface area contributed by atoms with E-state index in [9.17, 15) is 10.1 Å². The Balaban J connectivity index is 1.63. The number of hydrogen-bond acceptors (Lipinski definition) is 9. The van der Waals surface area contributed by atoms with Gasteiger partial charge in [-0.25, -0.2) is 4.98 Å². The fourth-order valence-electron chi connectivity index (χ4n) is 4.40. The maximum atomic E-state index is 12.3. The predicted octanol–water partition coefficient (Wildman–Crippen LogP) is 5.15. The number of anilines is 6. The number of carbonyl (C=O) groups is 1. The summed E-state index contributed by atoms with van der Waals surface area (Å²) >= 11 is 6.75. The third kappa shape index (κ3) is 6.76. The smallest absolute Gasteiger partial charge is 0.247 e. The van der Waals surface area contributed by atoms with Crippen LogP contribution in [0.15, 0.2) is 55.3 Å². The van der Waals surface area contributed by atoms with Gasteiger partial charge in [0.15, 0.2) is 5.82 Å². The first-order valence-corrected chi connectivity index (χ1v) is 12.8. The number of rotatable bonds is 9. The number of aromatic nitrogens is 2. The van der Waals surface area contributed by atoms with Crippen molar-refractivity contribution in [3.63, 3.8) is 0 Å². The summed E-state index contributed by atoms with van der Waals surface area (Å²) in [6, 6.07) is 13.5. The molecule has 0 radical (unpaired) electrons. The summed E-state index contributed by atoms with van der Waals surface area (Å²) in [5.41, 5.74) is 2.79. The lowest BCUT2D eigenvalue weighted by Gasteiger charge is -2.37. The zero-order valence-electron chi connectivity index (χ0n) is 22.2. The van der Waals surface area contributed by atoms with E-state index in [1.807, 2.05) is 24.3 Å². The largest absolute Gasteiger partial charge is 0.497 e. The van der Waals surface area contributed by atoms with E-state index >= 15 is 0 Å². The molecular formula is C28H31ClN8O2. The van der Waals surface area contributed by atoms with E-state index in [1.165, 1.54) is 12.3 Å². The monoisotopic (exact) mass is 546 g/mol. The van der Waals surface area contributed by atoms with Gasteiger partial charge in [-0.3, -0.25) is 4.79 Å². The Morgan fingerprint density at radius 2 is 2.00 bits per heavy atom. The molecule has 11 heteroatoms. The standard InChI is InChI=1S/C28H31ClN8O2/c1-5-26(38)33-24-15-25(37-11-9-20(10-12-37)36(2)3)22(29)14-23(24)34-28-31-17-18(16-30)27(35-28)32-19-7-6-8-21(13-19)39-4/h5-8,13-15,17,20H,1,9-12H2,2-4H3,(H,33,38)(H2,31,32,34,35). The molecular weight excluding hydrogens is 516 g/mol. The Hall–Kier alpha value is -4.33. The Bertz CT molecular complexity index is 1400. The number of nitrogens with zero attached hydrogens (tertiary/aromatic N) is 5. The van der Waals surface area contributed by atoms with E-state index in [0.717, 1.165) is 31.6 Å². The zero-order valence-corrected chi connectivity index (χ0v) is 22.9. The van der Waals surface area contributed by atoms with E-state index in [0.29, 0.717) is 39.7 Å². The van der Waals surface area contributed by atoms with Crippen LogP contribution in [0.5, 0.6) is 5.75 Å². The predicted molar refractivity (Wildman–Crippen MR) is 156 cm³/mol. The van der Waals surface area contributed by atoms with Crippen LogP contribution in [0.4, 0.5) is 34.5 Å². The molecule has 1 fully saturated rings. The molecule has 0 saturated carbocycles. The first-order valence-electron chi connectivity index (χ1n) is 12.4. The highest BCUT2D eigenvalue weighted by Crippen LogP contribution is 2.38. The van der Waals surface area contributed by atoms with Crippen LogP contribution in [-0.2, 0) is 4.79 Å². The molecule has 1 saturated heterocycles. The number of nitrogens with one attached hydrogen (secondary N) is 3. The topological polar surface area (TPSA) is 118 Å². The number of nitriles is 1. The van der Waals surface area contributed by atoms with E-state index < -0.39 is 0 Å². The summed E-state index contributed by atoms with van der Waals surface area (Å²) in [6.45, 7) is 5.26.